The number of aromatic nitrogens is 4. The Morgan fingerprint density at radius 3 is 2.74 bits per heavy atom. The van der Waals surface area contributed by atoms with Gasteiger partial charge in [-0.05, 0) is 6.07 Å². The van der Waals surface area contributed by atoms with E-state index in [2.05, 4.69) is 15.0 Å². The minimum Gasteiger partial charge on any atom is -0.382 e. The Balaban J connectivity index is 2.09. The monoisotopic (exact) mass is 258 g/mol. The summed E-state index contributed by atoms with van der Waals surface area (Å²) in [6, 6.07) is 6.53. The van der Waals surface area contributed by atoms with E-state index in [1.807, 2.05) is 0 Å². The number of fused-ring (bicyclic) bond motifs is 1. The summed E-state index contributed by atoms with van der Waals surface area (Å²) in [4.78, 5) is 12.0. The normalized spacial score (nSPS) is 11.0. The van der Waals surface area contributed by atoms with Gasteiger partial charge < -0.3 is 16.0 Å². The smallest absolute Gasteiger partial charge is 0.224 e. The number of hydrogen-bond acceptors (Lipinski definition) is 5. The first-order valence-electron chi connectivity index (χ1n) is 5.62. The molecule has 7 heteroatoms. The van der Waals surface area contributed by atoms with E-state index >= 15 is 0 Å². The Morgan fingerprint density at radius 2 is 1.95 bits per heavy atom. The number of nitrogens with zero attached hydrogens (tertiary/aromatic N) is 4. The lowest BCUT2D eigenvalue weighted by Gasteiger charge is -2.05. The van der Waals surface area contributed by atoms with Gasteiger partial charge in [0.1, 0.15) is 11.3 Å². The molecule has 0 aliphatic heterocycles. The molecule has 0 bridgehead atoms. The summed E-state index contributed by atoms with van der Waals surface area (Å²) in [7, 11) is 0. The molecule has 6 nitrogen and oxygen atoms in total. The summed E-state index contributed by atoms with van der Waals surface area (Å²) >= 11 is 0. The quantitative estimate of drug-likeness (QED) is 0.719. The number of imidazole rings is 1. The number of halogens is 1. The summed E-state index contributed by atoms with van der Waals surface area (Å²) in [6.07, 6.45) is 1.54. The van der Waals surface area contributed by atoms with Gasteiger partial charge in [0.25, 0.3) is 0 Å². The Bertz CT molecular complexity index is 751. The first-order chi connectivity index (χ1) is 9.15. The van der Waals surface area contributed by atoms with Gasteiger partial charge in [-0.25, -0.2) is 9.37 Å². The van der Waals surface area contributed by atoms with Gasteiger partial charge >= 0.3 is 0 Å². The van der Waals surface area contributed by atoms with Crippen molar-refractivity contribution in [3.8, 4) is 0 Å². The fourth-order valence-electron chi connectivity index (χ4n) is 1.91. The van der Waals surface area contributed by atoms with Gasteiger partial charge in [-0.1, -0.05) is 18.2 Å². The third-order valence-corrected chi connectivity index (χ3v) is 2.81. The van der Waals surface area contributed by atoms with Crippen LogP contribution in [-0.4, -0.2) is 19.5 Å². The summed E-state index contributed by atoms with van der Waals surface area (Å²) in [5.74, 6) is 0.00872. The van der Waals surface area contributed by atoms with Crippen LogP contribution in [0.15, 0.2) is 30.6 Å². The van der Waals surface area contributed by atoms with Crippen LogP contribution in [0, 0.1) is 5.82 Å². The van der Waals surface area contributed by atoms with Crippen molar-refractivity contribution in [2.75, 3.05) is 11.5 Å². The van der Waals surface area contributed by atoms with E-state index in [1.54, 1.807) is 29.1 Å². The van der Waals surface area contributed by atoms with Crippen molar-refractivity contribution in [3.63, 3.8) is 0 Å². The van der Waals surface area contributed by atoms with Crippen molar-refractivity contribution in [1.82, 2.24) is 19.5 Å². The number of hydrogen-bond donors (Lipinski definition) is 2. The second kappa shape index (κ2) is 4.20. The van der Waals surface area contributed by atoms with E-state index in [9.17, 15) is 4.39 Å². The Hall–Kier alpha value is -2.70. The molecule has 4 N–H and O–H groups in total. The van der Waals surface area contributed by atoms with Crippen LogP contribution < -0.4 is 11.5 Å². The van der Waals surface area contributed by atoms with Gasteiger partial charge in [-0.2, -0.15) is 9.97 Å². The molecule has 96 valence electrons. The maximum absolute atomic E-state index is 13.6. The Morgan fingerprint density at radius 1 is 1.16 bits per heavy atom. The van der Waals surface area contributed by atoms with Gasteiger partial charge in [-0.3, -0.25) is 0 Å². The molecule has 19 heavy (non-hydrogen) atoms. The topological polar surface area (TPSA) is 95.6 Å². The molecule has 2 aromatic heterocycles. The molecule has 0 radical (unpaired) electrons. The third-order valence-electron chi connectivity index (χ3n) is 2.81. The van der Waals surface area contributed by atoms with Crippen LogP contribution in [0.25, 0.3) is 11.2 Å². The van der Waals surface area contributed by atoms with E-state index in [0.29, 0.717) is 23.3 Å². The van der Waals surface area contributed by atoms with Crippen LogP contribution in [0.5, 0.6) is 0 Å². The highest BCUT2D eigenvalue weighted by molar-refractivity contribution is 5.82. The largest absolute Gasteiger partial charge is 0.382 e. The van der Waals surface area contributed by atoms with Crippen molar-refractivity contribution < 1.29 is 4.39 Å². The molecular weight excluding hydrogens is 247 g/mol. The molecule has 3 rings (SSSR count). The summed E-state index contributed by atoms with van der Waals surface area (Å²) < 4.78 is 15.3. The molecule has 0 aliphatic carbocycles. The highest BCUT2D eigenvalue weighted by atomic mass is 19.1. The molecule has 0 amide bonds. The summed E-state index contributed by atoms with van der Waals surface area (Å²) in [6.45, 7) is 0.305. The molecule has 0 spiro atoms. The van der Waals surface area contributed by atoms with Gasteiger partial charge in [0.05, 0.1) is 12.9 Å². The number of nitrogen functional groups attached to an aromatic ring is 2. The van der Waals surface area contributed by atoms with Crippen LogP contribution in [0.4, 0.5) is 16.2 Å². The lowest BCUT2D eigenvalue weighted by atomic mass is 10.2. The zero-order chi connectivity index (χ0) is 13.4. The molecule has 0 atom stereocenters. The van der Waals surface area contributed by atoms with Crippen LogP contribution >= 0.6 is 0 Å². The fraction of sp³-hybridized carbons (Fsp3) is 0.0833. The van der Waals surface area contributed by atoms with Crippen molar-refractivity contribution in [2.45, 2.75) is 6.54 Å². The predicted octanol–water partition coefficient (Wildman–Crippen LogP) is 1.18. The second-order valence-corrected chi connectivity index (χ2v) is 4.10. The van der Waals surface area contributed by atoms with Crippen molar-refractivity contribution in [3.05, 3.63) is 42.0 Å². The lowest BCUT2D eigenvalue weighted by Crippen LogP contribution is -2.05. The van der Waals surface area contributed by atoms with Gasteiger partial charge in [0, 0.05) is 5.56 Å². The molecule has 0 fully saturated rings. The van der Waals surface area contributed by atoms with Crippen LogP contribution in [0.2, 0.25) is 0 Å². The minimum absolute atomic E-state index is 0.0697. The average molecular weight is 258 g/mol. The van der Waals surface area contributed by atoms with E-state index in [1.165, 1.54) is 6.07 Å². The first kappa shape index (κ1) is 11.4. The third kappa shape index (κ3) is 1.95. The van der Waals surface area contributed by atoms with Gasteiger partial charge in [0.2, 0.25) is 5.95 Å². The fourth-order valence-corrected chi connectivity index (χ4v) is 1.91. The molecule has 0 aliphatic rings. The summed E-state index contributed by atoms with van der Waals surface area (Å²) in [5, 5.41) is 0. The zero-order valence-electron chi connectivity index (χ0n) is 9.92. The average Bonchev–Trinajstić information content (AvgIpc) is 2.76. The van der Waals surface area contributed by atoms with Crippen molar-refractivity contribution >= 4 is 22.9 Å². The Kier molecular flexibility index (Phi) is 2.52. The molecule has 2 heterocycles. The summed E-state index contributed by atoms with van der Waals surface area (Å²) in [5.41, 5.74) is 12.8. The van der Waals surface area contributed by atoms with Crippen molar-refractivity contribution in [1.29, 1.82) is 0 Å². The number of benzene rings is 1. The number of anilines is 2. The highest BCUT2D eigenvalue weighted by Crippen LogP contribution is 2.18. The zero-order valence-corrected chi connectivity index (χ0v) is 9.92. The lowest BCUT2D eigenvalue weighted by molar-refractivity contribution is 0.601. The standard InChI is InChI=1S/C12H11FN6/c13-8-4-2-1-3-7(8)5-19-6-16-9-10(14)17-12(15)18-11(9)19/h1-4,6H,5H2,(H4,14,15,17,18). The number of rotatable bonds is 2. The molecule has 0 saturated heterocycles. The van der Waals surface area contributed by atoms with Crippen LogP contribution in [0.1, 0.15) is 5.56 Å². The van der Waals surface area contributed by atoms with E-state index in [-0.39, 0.29) is 17.6 Å². The molecule has 1 aromatic carbocycles. The number of nitrogens with two attached hydrogens (primary N) is 2. The first-order valence-corrected chi connectivity index (χ1v) is 5.62. The molecular formula is C12H11FN6. The predicted molar refractivity (Wildman–Crippen MR) is 69.6 cm³/mol. The SMILES string of the molecule is Nc1nc(N)c2ncn(Cc3ccccc3F)c2n1. The molecule has 0 unspecified atom stereocenters. The van der Waals surface area contributed by atoms with E-state index < -0.39 is 0 Å². The van der Waals surface area contributed by atoms with E-state index in [0.717, 1.165) is 0 Å². The van der Waals surface area contributed by atoms with Crippen LogP contribution in [0.3, 0.4) is 0 Å². The minimum atomic E-state index is -0.278. The van der Waals surface area contributed by atoms with Crippen LogP contribution in [-0.2, 0) is 6.54 Å². The van der Waals surface area contributed by atoms with Gasteiger partial charge in [0.15, 0.2) is 11.5 Å². The highest BCUT2D eigenvalue weighted by Gasteiger charge is 2.11. The molecule has 3 aromatic rings. The second-order valence-electron chi connectivity index (χ2n) is 4.10. The maximum atomic E-state index is 13.6. The van der Waals surface area contributed by atoms with Gasteiger partial charge in [-0.15, -0.1) is 0 Å². The molecule has 0 saturated carbocycles. The Labute approximate surface area is 107 Å². The maximum Gasteiger partial charge on any atom is 0.224 e. The van der Waals surface area contributed by atoms with E-state index in [4.69, 9.17) is 11.5 Å². The van der Waals surface area contributed by atoms with Crippen molar-refractivity contribution in [2.24, 2.45) is 0 Å².